The standard InChI is InChI=1S/C18H21FN2O3S/c1-13-6-4-5-7-17(13)21(15(3)22)11-10-20-25(23,24)18-9-8-16(19)12-14(18)2/h4-9,12,20H,10-11H2,1-3H3. The lowest BCUT2D eigenvalue weighted by Crippen LogP contribution is -2.38. The minimum absolute atomic E-state index is 0.0270. The van der Waals surface area contributed by atoms with E-state index in [4.69, 9.17) is 0 Å². The van der Waals surface area contributed by atoms with E-state index in [-0.39, 0.29) is 23.9 Å². The number of anilines is 1. The molecule has 5 nitrogen and oxygen atoms in total. The molecule has 25 heavy (non-hydrogen) atoms. The first-order valence-corrected chi connectivity index (χ1v) is 9.30. The summed E-state index contributed by atoms with van der Waals surface area (Å²) >= 11 is 0. The minimum Gasteiger partial charge on any atom is -0.311 e. The van der Waals surface area contributed by atoms with Crippen molar-refractivity contribution in [3.8, 4) is 0 Å². The number of para-hydroxylation sites is 1. The van der Waals surface area contributed by atoms with Gasteiger partial charge in [0.25, 0.3) is 0 Å². The predicted molar refractivity (Wildman–Crippen MR) is 95.5 cm³/mol. The lowest BCUT2D eigenvalue weighted by Gasteiger charge is -2.23. The van der Waals surface area contributed by atoms with Crippen molar-refractivity contribution in [1.82, 2.24) is 4.72 Å². The molecule has 1 amide bonds. The number of amides is 1. The highest BCUT2D eigenvalue weighted by molar-refractivity contribution is 7.89. The van der Waals surface area contributed by atoms with E-state index in [0.717, 1.165) is 17.3 Å². The maximum Gasteiger partial charge on any atom is 0.240 e. The SMILES string of the molecule is CC(=O)N(CCNS(=O)(=O)c1ccc(F)cc1C)c1ccccc1C. The molecule has 0 fully saturated rings. The zero-order chi connectivity index (χ0) is 18.6. The van der Waals surface area contributed by atoms with Gasteiger partial charge >= 0.3 is 0 Å². The number of benzene rings is 2. The summed E-state index contributed by atoms with van der Waals surface area (Å²) in [5, 5.41) is 0. The van der Waals surface area contributed by atoms with Crippen molar-refractivity contribution in [1.29, 1.82) is 0 Å². The second kappa shape index (κ2) is 7.76. The van der Waals surface area contributed by atoms with Crippen molar-refractivity contribution in [2.75, 3.05) is 18.0 Å². The number of sulfonamides is 1. The van der Waals surface area contributed by atoms with Crippen LogP contribution in [0.3, 0.4) is 0 Å². The number of rotatable bonds is 6. The molecule has 0 aromatic heterocycles. The van der Waals surface area contributed by atoms with Gasteiger partial charge in [0, 0.05) is 25.7 Å². The minimum atomic E-state index is -3.78. The molecule has 0 aliphatic carbocycles. The van der Waals surface area contributed by atoms with Crippen LogP contribution in [0.4, 0.5) is 10.1 Å². The molecule has 0 atom stereocenters. The first kappa shape index (κ1) is 19.1. The summed E-state index contributed by atoms with van der Waals surface area (Å²) in [7, 11) is -3.78. The Kier molecular flexibility index (Phi) is 5.92. The molecular formula is C18H21FN2O3S. The fourth-order valence-electron chi connectivity index (χ4n) is 2.60. The van der Waals surface area contributed by atoms with Crippen LogP contribution in [0.25, 0.3) is 0 Å². The summed E-state index contributed by atoms with van der Waals surface area (Å²) in [6.45, 7) is 5.10. The Morgan fingerprint density at radius 2 is 1.80 bits per heavy atom. The number of carbonyl (C=O) groups is 1. The van der Waals surface area contributed by atoms with Crippen molar-refractivity contribution in [2.24, 2.45) is 0 Å². The van der Waals surface area contributed by atoms with Crippen LogP contribution in [0, 0.1) is 19.7 Å². The molecule has 134 valence electrons. The van der Waals surface area contributed by atoms with Crippen LogP contribution in [0.5, 0.6) is 0 Å². The Morgan fingerprint density at radius 3 is 2.40 bits per heavy atom. The normalized spacial score (nSPS) is 11.4. The number of hydrogen-bond acceptors (Lipinski definition) is 3. The van der Waals surface area contributed by atoms with Gasteiger partial charge in [-0.05, 0) is 49.2 Å². The molecule has 1 N–H and O–H groups in total. The van der Waals surface area contributed by atoms with Crippen LogP contribution in [0.1, 0.15) is 18.1 Å². The Bertz CT molecular complexity index is 882. The van der Waals surface area contributed by atoms with Crippen molar-refractivity contribution >= 4 is 21.6 Å². The molecule has 0 spiro atoms. The molecule has 0 saturated carbocycles. The summed E-state index contributed by atoms with van der Waals surface area (Å²) in [6.07, 6.45) is 0. The van der Waals surface area contributed by atoms with Gasteiger partial charge in [-0.25, -0.2) is 17.5 Å². The Labute approximate surface area is 147 Å². The Hall–Kier alpha value is -2.25. The van der Waals surface area contributed by atoms with E-state index in [0.29, 0.717) is 5.56 Å². The average Bonchev–Trinajstić information content (AvgIpc) is 2.52. The Balaban J connectivity index is 2.12. The number of hydrogen-bond donors (Lipinski definition) is 1. The first-order chi connectivity index (χ1) is 11.7. The lowest BCUT2D eigenvalue weighted by molar-refractivity contribution is -0.116. The average molecular weight is 364 g/mol. The van der Waals surface area contributed by atoms with E-state index in [9.17, 15) is 17.6 Å². The number of aryl methyl sites for hydroxylation is 2. The first-order valence-electron chi connectivity index (χ1n) is 7.82. The smallest absolute Gasteiger partial charge is 0.240 e. The quantitative estimate of drug-likeness (QED) is 0.857. The van der Waals surface area contributed by atoms with Gasteiger partial charge < -0.3 is 4.90 Å². The number of nitrogens with zero attached hydrogens (tertiary/aromatic N) is 1. The highest BCUT2D eigenvalue weighted by atomic mass is 32.2. The van der Waals surface area contributed by atoms with Gasteiger partial charge in [0.2, 0.25) is 15.9 Å². The van der Waals surface area contributed by atoms with E-state index < -0.39 is 15.8 Å². The molecule has 0 unspecified atom stereocenters. The molecule has 0 radical (unpaired) electrons. The van der Waals surface area contributed by atoms with Crippen LogP contribution in [0.15, 0.2) is 47.4 Å². The fourth-order valence-corrected chi connectivity index (χ4v) is 3.84. The third-order valence-electron chi connectivity index (χ3n) is 3.84. The zero-order valence-electron chi connectivity index (χ0n) is 14.4. The van der Waals surface area contributed by atoms with Gasteiger partial charge in [0.05, 0.1) is 4.90 Å². The highest BCUT2D eigenvalue weighted by Gasteiger charge is 2.19. The monoisotopic (exact) mass is 364 g/mol. The number of halogens is 1. The highest BCUT2D eigenvalue weighted by Crippen LogP contribution is 2.19. The molecule has 0 bridgehead atoms. The molecule has 2 rings (SSSR count). The van der Waals surface area contributed by atoms with Gasteiger partial charge in [-0.15, -0.1) is 0 Å². The van der Waals surface area contributed by atoms with Gasteiger partial charge in [-0.3, -0.25) is 4.79 Å². The Morgan fingerprint density at radius 1 is 1.12 bits per heavy atom. The molecule has 0 saturated heterocycles. The third kappa shape index (κ3) is 4.64. The van der Waals surface area contributed by atoms with Crippen LogP contribution >= 0.6 is 0 Å². The van der Waals surface area contributed by atoms with Crippen molar-refractivity contribution in [3.63, 3.8) is 0 Å². The predicted octanol–water partition coefficient (Wildman–Crippen LogP) is 2.77. The summed E-state index contributed by atoms with van der Waals surface area (Å²) in [4.78, 5) is 13.5. The van der Waals surface area contributed by atoms with Gasteiger partial charge in [-0.2, -0.15) is 0 Å². The summed E-state index contributed by atoms with van der Waals surface area (Å²) < 4.78 is 40.4. The van der Waals surface area contributed by atoms with Crippen LogP contribution in [0.2, 0.25) is 0 Å². The number of carbonyl (C=O) groups excluding carboxylic acids is 1. The van der Waals surface area contributed by atoms with Gasteiger partial charge in [-0.1, -0.05) is 18.2 Å². The maximum absolute atomic E-state index is 13.1. The van der Waals surface area contributed by atoms with E-state index in [2.05, 4.69) is 4.72 Å². The van der Waals surface area contributed by atoms with E-state index in [1.165, 1.54) is 30.9 Å². The van der Waals surface area contributed by atoms with Crippen LogP contribution < -0.4 is 9.62 Å². The molecule has 0 heterocycles. The molecule has 2 aromatic carbocycles. The topological polar surface area (TPSA) is 66.5 Å². The van der Waals surface area contributed by atoms with Crippen LogP contribution in [-0.2, 0) is 14.8 Å². The number of nitrogens with one attached hydrogen (secondary N) is 1. The van der Waals surface area contributed by atoms with Gasteiger partial charge in [0.1, 0.15) is 5.82 Å². The van der Waals surface area contributed by atoms with E-state index in [1.54, 1.807) is 0 Å². The molecule has 0 aliphatic rings. The third-order valence-corrected chi connectivity index (χ3v) is 5.46. The molecular weight excluding hydrogens is 343 g/mol. The molecule has 0 aliphatic heterocycles. The zero-order valence-corrected chi connectivity index (χ0v) is 15.2. The largest absolute Gasteiger partial charge is 0.311 e. The van der Waals surface area contributed by atoms with E-state index in [1.807, 2.05) is 31.2 Å². The summed E-state index contributed by atoms with van der Waals surface area (Å²) in [6, 6.07) is 10.9. The fraction of sp³-hybridized carbons (Fsp3) is 0.278. The summed E-state index contributed by atoms with van der Waals surface area (Å²) in [5.74, 6) is -0.662. The van der Waals surface area contributed by atoms with Crippen molar-refractivity contribution in [3.05, 3.63) is 59.4 Å². The second-order valence-corrected chi connectivity index (χ2v) is 7.50. The van der Waals surface area contributed by atoms with Gasteiger partial charge in [0.15, 0.2) is 0 Å². The van der Waals surface area contributed by atoms with Crippen LogP contribution in [-0.4, -0.2) is 27.4 Å². The van der Waals surface area contributed by atoms with Crippen molar-refractivity contribution < 1.29 is 17.6 Å². The second-order valence-electron chi connectivity index (χ2n) is 5.76. The maximum atomic E-state index is 13.1. The summed E-state index contributed by atoms with van der Waals surface area (Å²) in [5.41, 5.74) is 2.00. The van der Waals surface area contributed by atoms with Crippen molar-refractivity contribution in [2.45, 2.75) is 25.7 Å². The lowest BCUT2D eigenvalue weighted by atomic mass is 10.2. The molecule has 2 aromatic rings. The molecule has 7 heteroatoms. The van der Waals surface area contributed by atoms with E-state index >= 15 is 0 Å².